The van der Waals surface area contributed by atoms with Crippen molar-refractivity contribution in [3.63, 3.8) is 0 Å². The highest BCUT2D eigenvalue weighted by molar-refractivity contribution is 5.77. The van der Waals surface area contributed by atoms with E-state index in [1.807, 2.05) is 0 Å². The fourth-order valence-corrected chi connectivity index (χ4v) is 1.06. The zero-order chi connectivity index (χ0) is 14.8. The SMILES string of the molecule is O=C(O)C1(F)OC(F)(F)C(F)(F)C(F)(F)C1(F)F. The first-order chi connectivity index (χ1) is 7.65. The van der Waals surface area contributed by atoms with Crippen LogP contribution in [-0.2, 0) is 9.53 Å². The molecule has 1 aliphatic heterocycles. The van der Waals surface area contributed by atoms with Gasteiger partial charge in [-0.05, 0) is 0 Å². The summed E-state index contributed by atoms with van der Waals surface area (Å²) in [6.45, 7) is 0. The van der Waals surface area contributed by atoms with Crippen LogP contribution in [-0.4, -0.2) is 40.8 Å². The maximum atomic E-state index is 12.9. The Kier molecular flexibility index (Phi) is 2.66. The molecule has 0 aromatic rings. The minimum absolute atomic E-state index is 2.11. The number of ether oxygens (including phenoxy) is 1. The molecule has 0 radical (unpaired) electrons. The molecule has 1 unspecified atom stereocenters. The van der Waals surface area contributed by atoms with E-state index in [1.165, 1.54) is 0 Å². The van der Waals surface area contributed by atoms with E-state index in [2.05, 4.69) is 4.74 Å². The van der Waals surface area contributed by atoms with Crippen molar-refractivity contribution >= 4 is 5.97 Å². The lowest BCUT2D eigenvalue weighted by molar-refractivity contribution is -0.525. The molecule has 0 saturated carbocycles. The van der Waals surface area contributed by atoms with Gasteiger partial charge >= 0.3 is 35.7 Å². The van der Waals surface area contributed by atoms with Gasteiger partial charge in [0.2, 0.25) is 0 Å². The van der Waals surface area contributed by atoms with Crippen molar-refractivity contribution in [1.82, 2.24) is 0 Å². The molecule has 3 nitrogen and oxygen atoms in total. The highest BCUT2D eigenvalue weighted by Crippen LogP contribution is 2.62. The summed E-state index contributed by atoms with van der Waals surface area (Å²) in [5, 5.41) is 7.88. The van der Waals surface area contributed by atoms with Gasteiger partial charge in [-0.3, -0.25) is 4.74 Å². The van der Waals surface area contributed by atoms with Crippen LogP contribution in [0.25, 0.3) is 0 Å². The molecule has 1 N–H and O–H groups in total. The van der Waals surface area contributed by atoms with Gasteiger partial charge < -0.3 is 5.11 Å². The van der Waals surface area contributed by atoms with E-state index in [-0.39, 0.29) is 0 Å². The number of hydrogen-bond donors (Lipinski definition) is 1. The molecular weight excluding hydrogens is 291 g/mol. The predicted octanol–water partition coefficient (Wildman–Crippen LogP) is 2.27. The normalized spacial score (nSPS) is 36.1. The Balaban J connectivity index is 3.57. The topological polar surface area (TPSA) is 46.5 Å². The molecule has 0 aromatic carbocycles. The van der Waals surface area contributed by atoms with Gasteiger partial charge in [0.05, 0.1) is 0 Å². The average molecular weight is 292 g/mol. The molecule has 1 heterocycles. The molecule has 12 heteroatoms. The van der Waals surface area contributed by atoms with E-state index >= 15 is 0 Å². The number of aliphatic carboxylic acids is 1. The Hall–Kier alpha value is -1.20. The fourth-order valence-electron chi connectivity index (χ4n) is 1.06. The standard InChI is InChI=1S/C6HF9O3/c7-2(1(16)17)3(8,9)4(10,11)5(12,13)6(14,15)18-2/h(H,16,17). The summed E-state index contributed by atoms with van der Waals surface area (Å²) in [6, 6.07) is 0. The average Bonchev–Trinajstić information content (AvgIpc) is 2.13. The van der Waals surface area contributed by atoms with Gasteiger partial charge in [-0.1, -0.05) is 0 Å². The number of alkyl halides is 9. The van der Waals surface area contributed by atoms with Crippen molar-refractivity contribution in [3.05, 3.63) is 0 Å². The van der Waals surface area contributed by atoms with E-state index in [9.17, 15) is 44.3 Å². The van der Waals surface area contributed by atoms with Crippen molar-refractivity contribution in [1.29, 1.82) is 0 Å². The van der Waals surface area contributed by atoms with E-state index < -0.39 is 35.7 Å². The van der Waals surface area contributed by atoms with Crippen molar-refractivity contribution in [2.45, 2.75) is 29.7 Å². The smallest absolute Gasteiger partial charge is 0.429 e. The van der Waals surface area contributed by atoms with Crippen molar-refractivity contribution < 1.29 is 54.2 Å². The van der Waals surface area contributed by atoms with E-state index in [1.54, 1.807) is 0 Å². The number of halogens is 9. The summed E-state index contributed by atoms with van der Waals surface area (Å²) in [5.74, 6) is -30.1. The molecule has 0 bridgehead atoms. The lowest BCUT2D eigenvalue weighted by atomic mass is 9.93. The third kappa shape index (κ3) is 1.29. The Morgan fingerprint density at radius 2 is 1.17 bits per heavy atom. The zero-order valence-electron chi connectivity index (χ0n) is 7.67. The van der Waals surface area contributed by atoms with Crippen LogP contribution >= 0.6 is 0 Å². The summed E-state index contributed by atoms with van der Waals surface area (Å²) in [6.07, 6.45) is -6.44. The first-order valence-corrected chi connectivity index (χ1v) is 3.79. The first kappa shape index (κ1) is 14.9. The molecule has 1 rings (SSSR count). The van der Waals surface area contributed by atoms with Crippen molar-refractivity contribution in [2.75, 3.05) is 0 Å². The second kappa shape index (κ2) is 3.22. The third-order valence-electron chi connectivity index (χ3n) is 2.10. The van der Waals surface area contributed by atoms with Crippen molar-refractivity contribution in [2.24, 2.45) is 0 Å². The zero-order valence-corrected chi connectivity index (χ0v) is 7.67. The highest BCUT2D eigenvalue weighted by Gasteiger charge is 2.94. The Morgan fingerprint density at radius 3 is 1.50 bits per heavy atom. The minimum atomic E-state index is -6.98. The predicted molar refractivity (Wildman–Crippen MR) is 32.3 cm³/mol. The van der Waals surface area contributed by atoms with Crippen LogP contribution in [0.15, 0.2) is 0 Å². The van der Waals surface area contributed by atoms with Crippen LogP contribution in [0.2, 0.25) is 0 Å². The Bertz CT molecular complexity index is 392. The van der Waals surface area contributed by atoms with Gasteiger partial charge in [-0.15, -0.1) is 0 Å². The molecule has 1 fully saturated rings. The van der Waals surface area contributed by atoms with Crippen molar-refractivity contribution in [3.8, 4) is 0 Å². The number of carbonyl (C=O) groups is 1. The lowest BCUT2D eigenvalue weighted by Gasteiger charge is -2.46. The molecule has 0 aliphatic carbocycles. The van der Waals surface area contributed by atoms with Gasteiger partial charge in [-0.25, -0.2) is 4.79 Å². The monoisotopic (exact) mass is 292 g/mol. The number of hydrogen-bond acceptors (Lipinski definition) is 2. The third-order valence-corrected chi connectivity index (χ3v) is 2.10. The van der Waals surface area contributed by atoms with Crippen LogP contribution in [0.3, 0.4) is 0 Å². The molecule has 0 amide bonds. The summed E-state index contributed by atoms with van der Waals surface area (Å²) in [7, 11) is 0. The molecule has 1 aliphatic rings. The number of rotatable bonds is 1. The maximum Gasteiger partial charge on any atom is 0.429 e. The van der Waals surface area contributed by atoms with Gasteiger partial charge in [-0.2, -0.15) is 39.5 Å². The molecular formula is C6HF9O3. The molecule has 0 aromatic heterocycles. The first-order valence-electron chi connectivity index (χ1n) is 3.79. The van der Waals surface area contributed by atoms with Crippen LogP contribution in [0.1, 0.15) is 0 Å². The van der Waals surface area contributed by atoms with Crippen LogP contribution in [0.4, 0.5) is 39.5 Å². The van der Waals surface area contributed by atoms with Crippen LogP contribution in [0, 0.1) is 0 Å². The molecule has 0 spiro atoms. The Morgan fingerprint density at radius 1 is 0.778 bits per heavy atom. The van der Waals surface area contributed by atoms with Gasteiger partial charge in [0.25, 0.3) is 0 Å². The minimum Gasteiger partial charge on any atom is -0.477 e. The summed E-state index contributed by atoms with van der Waals surface area (Å²) >= 11 is 0. The molecule has 1 atom stereocenters. The molecule has 106 valence electrons. The van der Waals surface area contributed by atoms with Gasteiger partial charge in [0.1, 0.15) is 0 Å². The quantitative estimate of drug-likeness (QED) is 0.754. The molecule has 1 saturated heterocycles. The number of carboxylic acid groups (broad SMARTS) is 1. The second-order valence-electron chi connectivity index (χ2n) is 3.24. The largest absolute Gasteiger partial charge is 0.477 e. The maximum absolute atomic E-state index is 12.9. The van der Waals surface area contributed by atoms with Crippen LogP contribution in [0.5, 0.6) is 0 Å². The van der Waals surface area contributed by atoms with E-state index in [4.69, 9.17) is 5.11 Å². The van der Waals surface area contributed by atoms with Gasteiger partial charge in [0, 0.05) is 0 Å². The summed E-state index contributed by atoms with van der Waals surface area (Å²) in [5.41, 5.74) is 0. The highest BCUT2D eigenvalue weighted by atomic mass is 19.4. The van der Waals surface area contributed by atoms with E-state index in [0.29, 0.717) is 0 Å². The summed E-state index contributed by atoms with van der Waals surface area (Å²) in [4.78, 5) is 9.99. The van der Waals surface area contributed by atoms with Crippen LogP contribution < -0.4 is 0 Å². The van der Waals surface area contributed by atoms with Gasteiger partial charge in [0.15, 0.2) is 0 Å². The molecule has 18 heavy (non-hydrogen) atoms. The fraction of sp³-hybridized carbons (Fsp3) is 0.833. The van der Waals surface area contributed by atoms with E-state index in [0.717, 1.165) is 0 Å². The summed E-state index contributed by atoms with van der Waals surface area (Å²) < 4.78 is 115. The number of carboxylic acids is 1. The lowest BCUT2D eigenvalue weighted by Crippen LogP contribution is -2.77. The second-order valence-corrected chi connectivity index (χ2v) is 3.24. The Labute approximate surface area is 91.1 Å².